The topological polar surface area (TPSA) is 46.3 Å². The van der Waals surface area contributed by atoms with E-state index in [9.17, 15) is 0 Å². The van der Waals surface area contributed by atoms with Gasteiger partial charge in [-0.05, 0) is 31.4 Å². The first-order chi connectivity index (χ1) is 10.2. The molecule has 0 saturated carbocycles. The van der Waals surface area contributed by atoms with Crippen LogP contribution in [0.1, 0.15) is 18.9 Å². The molecule has 4 rings (SSSR count). The Morgan fingerprint density at radius 2 is 2.14 bits per heavy atom. The highest BCUT2D eigenvalue weighted by atomic mass is 35.5. The average Bonchev–Trinajstić information content (AvgIpc) is 2.94. The lowest BCUT2D eigenvalue weighted by molar-refractivity contribution is 0.607. The molecule has 0 radical (unpaired) electrons. The zero-order valence-electron chi connectivity index (χ0n) is 11.6. The van der Waals surface area contributed by atoms with Crippen LogP contribution in [0.2, 0.25) is 5.15 Å². The molecular weight excluding hydrogens is 286 g/mol. The fraction of sp³-hybridized carbons (Fsp3) is 0.267. The molecule has 1 aliphatic rings. The number of anilines is 2. The van der Waals surface area contributed by atoms with Gasteiger partial charge in [0, 0.05) is 17.8 Å². The van der Waals surface area contributed by atoms with E-state index in [0.29, 0.717) is 17.0 Å². The van der Waals surface area contributed by atoms with E-state index in [1.54, 1.807) is 4.52 Å². The van der Waals surface area contributed by atoms with E-state index < -0.39 is 0 Å². The third-order valence-electron chi connectivity index (χ3n) is 3.97. The van der Waals surface area contributed by atoms with Crippen LogP contribution >= 0.6 is 11.6 Å². The number of rotatable bonds is 1. The molecule has 1 aromatic carbocycles. The van der Waals surface area contributed by atoms with Crippen molar-refractivity contribution in [1.29, 1.82) is 0 Å². The number of nitrogens with zero attached hydrogens (tertiary/aromatic N) is 5. The van der Waals surface area contributed by atoms with Gasteiger partial charge in [-0.1, -0.05) is 29.8 Å². The summed E-state index contributed by atoms with van der Waals surface area (Å²) >= 11 is 6.16. The number of aryl methyl sites for hydroxylation is 1. The first kappa shape index (κ1) is 12.6. The zero-order valence-corrected chi connectivity index (χ0v) is 12.3. The minimum Gasteiger partial charge on any atom is -0.323 e. The Morgan fingerprint density at radius 1 is 1.29 bits per heavy atom. The average molecular weight is 300 g/mol. The molecule has 5 nitrogen and oxygen atoms in total. The second kappa shape index (κ2) is 4.70. The predicted molar refractivity (Wildman–Crippen MR) is 82.2 cm³/mol. The van der Waals surface area contributed by atoms with Gasteiger partial charge >= 0.3 is 0 Å². The summed E-state index contributed by atoms with van der Waals surface area (Å²) in [6, 6.07) is 10.7. The van der Waals surface area contributed by atoms with Crippen molar-refractivity contribution in [2.24, 2.45) is 0 Å². The van der Waals surface area contributed by atoms with Crippen molar-refractivity contribution in [3.05, 3.63) is 47.4 Å². The maximum absolute atomic E-state index is 6.16. The molecule has 21 heavy (non-hydrogen) atoms. The molecule has 0 saturated heterocycles. The Morgan fingerprint density at radius 3 is 3.05 bits per heavy atom. The Balaban J connectivity index is 1.97. The van der Waals surface area contributed by atoms with Crippen LogP contribution in [0.25, 0.3) is 5.78 Å². The van der Waals surface area contributed by atoms with Crippen molar-refractivity contribution in [3.63, 3.8) is 0 Å². The molecule has 0 spiro atoms. The van der Waals surface area contributed by atoms with Gasteiger partial charge in [0.1, 0.15) is 17.3 Å². The molecule has 106 valence electrons. The van der Waals surface area contributed by atoms with Crippen LogP contribution in [0.3, 0.4) is 0 Å². The van der Waals surface area contributed by atoms with Gasteiger partial charge in [0.05, 0.1) is 0 Å². The summed E-state index contributed by atoms with van der Waals surface area (Å²) in [7, 11) is 0. The fourth-order valence-electron chi connectivity index (χ4n) is 2.98. The minimum atomic E-state index is 0.366. The fourth-order valence-corrected chi connectivity index (χ4v) is 3.15. The second-order valence-corrected chi connectivity index (χ2v) is 5.68. The summed E-state index contributed by atoms with van der Waals surface area (Å²) in [6.45, 7) is 2.22. The lowest BCUT2D eigenvalue weighted by Gasteiger charge is -2.36. The Hall–Kier alpha value is -2.14. The molecule has 0 N–H and O–H groups in total. The van der Waals surface area contributed by atoms with Crippen molar-refractivity contribution in [3.8, 4) is 0 Å². The summed E-state index contributed by atoms with van der Waals surface area (Å²) in [5.74, 6) is 1.43. The van der Waals surface area contributed by atoms with Crippen molar-refractivity contribution in [2.75, 3.05) is 4.90 Å². The van der Waals surface area contributed by atoms with Crippen LogP contribution in [0.15, 0.2) is 36.7 Å². The van der Waals surface area contributed by atoms with Gasteiger partial charge < -0.3 is 4.90 Å². The maximum atomic E-state index is 6.16. The molecule has 3 heterocycles. The Kier molecular flexibility index (Phi) is 2.82. The minimum absolute atomic E-state index is 0.366. The number of aromatic nitrogens is 4. The summed E-state index contributed by atoms with van der Waals surface area (Å²) in [6.07, 6.45) is 3.68. The van der Waals surface area contributed by atoms with Gasteiger partial charge in [0.15, 0.2) is 0 Å². The molecule has 1 aliphatic heterocycles. The molecule has 2 aromatic heterocycles. The van der Waals surface area contributed by atoms with E-state index in [1.165, 1.54) is 17.6 Å². The van der Waals surface area contributed by atoms with E-state index in [0.717, 1.165) is 18.7 Å². The third kappa shape index (κ3) is 1.96. The third-order valence-corrected chi connectivity index (χ3v) is 4.17. The Labute approximate surface area is 127 Å². The Bertz CT molecular complexity index is 813. The van der Waals surface area contributed by atoms with Gasteiger partial charge in [-0.15, -0.1) is 0 Å². The highest BCUT2D eigenvalue weighted by Gasteiger charge is 2.26. The molecule has 6 heteroatoms. The van der Waals surface area contributed by atoms with Crippen LogP contribution in [0.5, 0.6) is 0 Å². The lowest BCUT2D eigenvalue weighted by atomic mass is 9.97. The monoisotopic (exact) mass is 299 g/mol. The molecule has 1 atom stereocenters. The van der Waals surface area contributed by atoms with E-state index in [1.807, 2.05) is 6.07 Å². The van der Waals surface area contributed by atoms with Crippen molar-refractivity contribution < 1.29 is 0 Å². The van der Waals surface area contributed by atoms with E-state index in [-0.39, 0.29) is 0 Å². The van der Waals surface area contributed by atoms with Gasteiger partial charge in [-0.3, -0.25) is 0 Å². The lowest BCUT2D eigenvalue weighted by Crippen LogP contribution is -2.34. The predicted octanol–water partition coefficient (Wildman–Crippen LogP) is 3.25. The quantitative estimate of drug-likeness (QED) is 0.647. The highest BCUT2D eigenvalue weighted by Crippen LogP contribution is 2.37. The van der Waals surface area contributed by atoms with Crippen LogP contribution in [0, 0.1) is 0 Å². The molecular formula is C15H14ClN5. The van der Waals surface area contributed by atoms with Gasteiger partial charge in [-0.2, -0.15) is 19.6 Å². The van der Waals surface area contributed by atoms with Crippen molar-refractivity contribution in [2.45, 2.75) is 25.8 Å². The number of benzene rings is 1. The molecule has 0 amide bonds. The number of fused-ring (bicyclic) bond motifs is 2. The SMILES string of the molecule is CC1CCc2ccccc2N1c1cc(Cl)nc2ncnn12. The molecule has 3 aromatic rings. The summed E-state index contributed by atoms with van der Waals surface area (Å²) in [5, 5.41) is 4.72. The maximum Gasteiger partial charge on any atom is 0.255 e. The second-order valence-electron chi connectivity index (χ2n) is 5.30. The van der Waals surface area contributed by atoms with Crippen LogP contribution in [-0.4, -0.2) is 25.6 Å². The number of hydrogen-bond acceptors (Lipinski definition) is 4. The molecule has 0 bridgehead atoms. The normalized spacial score (nSPS) is 18.0. The summed E-state index contributed by atoms with van der Waals surface area (Å²) in [4.78, 5) is 10.6. The molecule has 0 aliphatic carbocycles. The summed E-state index contributed by atoms with van der Waals surface area (Å²) in [5.41, 5.74) is 2.55. The van der Waals surface area contributed by atoms with E-state index in [4.69, 9.17) is 11.6 Å². The van der Waals surface area contributed by atoms with Crippen LogP contribution in [-0.2, 0) is 6.42 Å². The van der Waals surface area contributed by atoms with Crippen molar-refractivity contribution >= 4 is 28.9 Å². The number of hydrogen-bond donors (Lipinski definition) is 0. The zero-order chi connectivity index (χ0) is 14.4. The van der Waals surface area contributed by atoms with Crippen molar-refractivity contribution in [1.82, 2.24) is 19.6 Å². The van der Waals surface area contributed by atoms with Crippen LogP contribution in [0.4, 0.5) is 11.5 Å². The van der Waals surface area contributed by atoms with Gasteiger partial charge in [-0.25, -0.2) is 0 Å². The van der Waals surface area contributed by atoms with Gasteiger partial charge in [0.2, 0.25) is 0 Å². The summed E-state index contributed by atoms with van der Waals surface area (Å²) < 4.78 is 1.74. The molecule has 0 fully saturated rings. The van der Waals surface area contributed by atoms with Crippen LogP contribution < -0.4 is 4.90 Å². The standard InChI is InChI=1S/C15H14ClN5/c1-10-6-7-11-4-2-3-5-12(11)20(10)14-8-13(16)19-15-17-9-18-21(14)15/h2-5,8-10H,6-7H2,1H3. The number of halogens is 1. The number of para-hydroxylation sites is 1. The smallest absolute Gasteiger partial charge is 0.255 e. The first-order valence-corrected chi connectivity index (χ1v) is 7.35. The highest BCUT2D eigenvalue weighted by molar-refractivity contribution is 6.29. The van der Waals surface area contributed by atoms with E-state index >= 15 is 0 Å². The first-order valence-electron chi connectivity index (χ1n) is 6.97. The van der Waals surface area contributed by atoms with E-state index in [2.05, 4.69) is 51.2 Å². The molecule has 1 unspecified atom stereocenters. The largest absolute Gasteiger partial charge is 0.323 e. The van der Waals surface area contributed by atoms with Gasteiger partial charge in [0.25, 0.3) is 5.78 Å².